The molecule has 4 amide bonds. The van der Waals surface area contributed by atoms with E-state index in [4.69, 9.17) is 17.2 Å². The van der Waals surface area contributed by atoms with Crippen LogP contribution in [0.25, 0.3) is 0 Å². The monoisotopic (exact) mass is 472 g/mol. The molecule has 0 rings (SSSR count). The van der Waals surface area contributed by atoms with Crippen molar-refractivity contribution in [3.8, 4) is 0 Å². The van der Waals surface area contributed by atoms with E-state index in [1.54, 1.807) is 13.8 Å². The fraction of sp³-hybridized carbons (Fsp3) is 0.762. The fourth-order valence-electron chi connectivity index (χ4n) is 3.10. The Labute approximate surface area is 194 Å². The van der Waals surface area contributed by atoms with Crippen LogP contribution in [-0.2, 0) is 24.0 Å². The number of aliphatic carboxylic acids is 1. The van der Waals surface area contributed by atoms with Crippen molar-refractivity contribution in [2.75, 3.05) is 6.54 Å². The van der Waals surface area contributed by atoms with Crippen LogP contribution in [0.1, 0.15) is 59.8 Å². The molecule has 10 N–H and O–H groups in total. The van der Waals surface area contributed by atoms with E-state index in [0.29, 0.717) is 25.8 Å². The molecule has 0 aliphatic carbocycles. The number of primary amides is 1. The second-order valence-corrected chi connectivity index (χ2v) is 8.88. The Morgan fingerprint density at radius 1 is 0.848 bits per heavy atom. The zero-order valence-corrected chi connectivity index (χ0v) is 19.9. The lowest BCUT2D eigenvalue weighted by Crippen LogP contribution is -2.59. The Kier molecular flexibility index (Phi) is 13.9. The average molecular weight is 473 g/mol. The van der Waals surface area contributed by atoms with Crippen LogP contribution in [0.3, 0.4) is 0 Å². The molecule has 0 spiro atoms. The van der Waals surface area contributed by atoms with E-state index in [0.717, 1.165) is 0 Å². The third kappa shape index (κ3) is 12.2. The molecule has 0 aliphatic heterocycles. The minimum Gasteiger partial charge on any atom is -0.480 e. The average Bonchev–Trinajstić information content (AvgIpc) is 2.69. The van der Waals surface area contributed by atoms with E-state index >= 15 is 0 Å². The van der Waals surface area contributed by atoms with Gasteiger partial charge in [-0.3, -0.25) is 19.2 Å². The number of carbonyl (C=O) groups excluding carboxylic acids is 4. The molecule has 0 fully saturated rings. The lowest BCUT2D eigenvalue weighted by Gasteiger charge is -2.27. The number of nitrogens with one attached hydrogen (secondary N) is 3. The summed E-state index contributed by atoms with van der Waals surface area (Å²) >= 11 is 0. The third-order valence-corrected chi connectivity index (χ3v) is 4.91. The summed E-state index contributed by atoms with van der Waals surface area (Å²) in [5, 5.41) is 16.7. The summed E-state index contributed by atoms with van der Waals surface area (Å²) < 4.78 is 0. The van der Waals surface area contributed by atoms with E-state index in [9.17, 15) is 29.1 Å². The molecule has 33 heavy (non-hydrogen) atoms. The fourth-order valence-corrected chi connectivity index (χ4v) is 3.10. The quantitative estimate of drug-likeness (QED) is 0.131. The first-order chi connectivity index (χ1) is 15.3. The molecule has 0 aromatic heterocycles. The van der Waals surface area contributed by atoms with Crippen molar-refractivity contribution in [3.63, 3.8) is 0 Å². The Morgan fingerprint density at radius 2 is 1.42 bits per heavy atom. The van der Waals surface area contributed by atoms with E-state index in [-0.39, 0.29) is 18.3 Å². The maximum atomic E-state index is 12.9. The van der Waals surface area contributed by atoms with Crippen LogP contribution in [-0.4, -0.2) is 65.4 Å². The zero-order chi connectivity index (χ0) is 25.7. The predicted molar refractivity (Wildman–Crippen MR) is 122 cm³/mol. The van der Waals surface area contributed by atoms with Crippen LogP contribution in [0.5, 0.6) is 0 Å². The molecule has 0 aliphatic rings. The highest BCUT2D eigenvalue weighted by atomic mass is 16.4. The van der Waals surface area contributed by atoms with Crippen molar-refractivity contribution in [1.82, 2.24) is 16.0 Å². The number of hydrogen-bond acceptors (Lipinski definition) is 7. The number of carboxylic acid groups (broad SMARTS) is 1. The molecule has 12 heteroatoms. The molecule has 12 nitrogen and oxygen atoms in total. The number of unbranched alkanes of at least 4 members (excludes halogenated alkanes) is 1. The topological polar surface area (TPSA) is 220 Å². The lowest BCUT2D eigenvalue weighted by atomic mass is 10.00. The molecule has 0 heterocycles. The highest BCUT2D eigenvalue weighted by molar-refractivity contribution is 5.96. The van der Waals surface area contributed by atoms with Gasteiger partial charge < -0.3 is 38.3 Å². The number of rotatable bonds is 16. The van der Waals surface area contributed by atoms with Gasteiger partial charge in [-0.1, -0.05) is 27.7 Å². The van der Waals surface area contributed by atoms with Gasteiger partial charge in [0.25, 0.3) is 0 Å². The third-order valence-electron chi connectivity index (χ3n) is 4.91. The summed E-state index contributed by atoms with van der Waals surface area (Å²) in [5.74, 6) is -4.41. The van der Waals surface area contributed by atoms with E-state index in [2.05, 4.69) is 16.0 Å². The van der Waals surface area contributed by atoms with Gasteiger partial charge in [-0.05, 0) is 44.1 Å². The Morgan fingerprint density at radius 3 is 1.88 bits per heavy atom. The van der Waals surface area contributed by atoms with Gasteiger partial charge in [-0.25, -0.2) is 4.79 Å². The number of amides is 4. The Balaban J connectivity index is 5.39. The summed E-state index contributed by atoms with van der Waals surface area (Å²) in [5.41, 5.74) is 16.5. The minimum atomic E-state index is -1.41. The zero-order valence-electron chi connectivity index (χ0n) is 19.9. The van der Waals surface area contributed by atoms with Crippen LogP contribution in [0.4, 0.5) is 0 Å². The van der Waals surface area contributed by atoms with Crippen LogP contribution in [0.15, 0.2) is 0 Å². The summed E-state index contributed by atoms with van der Waals surface area (Å²) in [6, 6.07) is -4.47. The van der Waals surface area contributed by atoms with Crippen molar-refractivity contribution in [1.29, 1.82) is 0 Å². The second-order valence-electron chi connectivity index (χ2n) is 8.88. The van der Waals surface area contributed by atoms with Gasteiger partial charge in [0.2, 0.25) is 23.6 Å². The molecule has 4 atom stereocenters. The van der Waals surface area contributed by atoms with Crippen molar-refractivity contribution < 1.29 is 29.1 Å². The number of carbonyl (C=O) groups is 5. The van der Waals surface area contributed by atoms with Gasteiger partial charge in [0, 0.05) is 0 Å². The first-order valence-electron chi connectivity index (χ1n) is 11.2. The number of nitrogens with two attached hydrogens (primary N) is 3. The Hall–Kier alpha value is -2.73. The molecule has 0 radical (unpaired) electrons. The summed E-state index contributed by atoms with van der Waals surface area (Å²) in [7, 11) is 0. The van der Waals surface area contributed by atoms with Gasteiger partial charge in [0.05, 0.1) is 12.5 Å². The van der Waals surface area contributed by atoms with Gasteiger partial charge in [-0.2, -0.15) is 0 Å². The van der Waals surface area contributed by atoms with Gasteiger partial charge in [-0.15, -0.1) is 0 Å². The molecule has 0 saturated carbocycles. The first kappa shape index (κ1) is 30.3. The van der Waals surface area contributed by atoms with E-state index in [1.165, 1.54) is 0 Å². The van der Waals surface area contributed by atoms with Crippen LogP contribution >= 0.6 is 0 Å². The van der Waals surface area contributed by atoms with Crippen LogP contribution in [0.2, 0.25) is 0 Å². The molecule has 0 saturated heterocycles. The van der Waals surface area contributed by atoms with Crippen LogP contribution < -0.4 is 33.2 Å². The summed E-state index contributed by atoms with van der Waals surface area (Å²) in [6.45, 7) is 7.59. The highest BCUT2D eigenvalue weighted by Gasteiger charge is 2.32. The molecule has 190 valence electrons. The summed E-state index contributed by atoms with van der Waals surface area (Å²) in [4.78, 5) is 60.9. The van der Waals surface area contributed by atoms with Crippen LogP contribution in [0, 0.1) is 11.8 Å². The SMILES string of the molecule is CC(C)CC(N)C(=O)NC(C(=O)NC(CC(N)=O)C(=O)NC(CCCCN)C(=O)O)C(C)C. The van der Waals surface area contributed by atoms with E-state index < -0.39 is 60.2 Å². The summed E-state index contributed by atoms with van der Waals surface area (Å²) in [6.07, 6.45) is 1.06. The van der Waals surface area contributed by atoms with Gasteiger partial charge in [0.15, 0.2) is 0 Å². The van der Waals surface area contributed by atoms with Gasteiger partial charge >= 0.3 is 5.97 Å². The predicted octanol–water partition coefficient (Wildman–Crippen LogP) is -1.44. The Bertz CT molecular complexity index is 684. The molecule has 0 aromatic rings. The normalized spacial score (nSPS) is 14.8. The second kappa shape index (κ2) is 15.2. The molecule has 4 unspecified atom stereocenters. The number of carboxylic acids is 1. The van der Waals surface area contributed by atoms with Crippen molar-refractivity contribution in [2.24, 2.45) is 29.0 Å². The molecular weight excluding hydrogens is 432 g/mol. The smallest absolute Gasteiger partial charge is 0.326 e. The van der Waals surface area contributed by atoms with Crippen molar-refractivity contribution in [3.05, 3.63) is 0 Å². The molecule has 0 bridgehead atoms. The van der Waals surface area contributed by atoms with Gasteiger partial charge in [0.1, 0.15) is 18.1 Å². The van der Waals surface area contributed by atoms with Crippen molar-refractivity contribution in [2.45, 2.75) is 84.0 Å². The minimum absolute atomic E-state index is 0.133. The highest BCUT2D eigenvalue weighted by Crippen LogP contribution is 2.08. The number of hydrogen-bond donors (Lipinski definition) is 7. The molecule has 0 aromatic carbocycles. The largest absolute Gasteiger partial charge is 0.480 e. The van der Waals surface area contributed by atoms with Crippen molar-refractivity contribution >= 4 is 29.6 Å². The standard InChI is InChI=1S/C21H40N6O6/c1-11(2)9-13(23)18(29)27-17(12(3)4)20(31)26-15(10-16(24)28)19(30)25-14(21(32)33)7-5-6-8-22/h11-15,17H,5-10,22-23H2,1-4H3,(H2,24,28)(H,25,30)(H,26,31)(H,27,29)(H,32,33). The maximum absolute atomic E-state index is 12.9. The maximum Gasteiger partial charge on any atom is 0.326 e. The lowest BCUT2D eigenvalue weighted by molar-refractivity contribution is -0.142. The molecular formula is C21H40N6O6. The van der Waals surface area contributed by atoms with E-state index in [1.807, 2.05) is 13.8 Å². The first-order valence-corrected chi connectivity index (χ1v) is 11.2.